The SMILES string of the molecule is C[C@@H]1CC(=O)Nc2ccccc2N1C(=O)CN(C)CC(=O)Nc1ccc(F)c(F)c1. The maximum atomic E-state index is 13.3. The number of hydrogen-bond donors (Lipinski definition) is 2. The quantitative estimate of drug-likeness (QED) is 0.785. The van der Waals surface area contributed by atoms with Crippen LogP contribution in [0.4, 0.5) is 25.8 Å². The minimum absolute atomic E-state index is 0.0714. The van der Waals surface area contributed by atoms with Crippen LogP contribution >= 0.6 is 0 Å². The van der Waals surface area contributed by atoms with E-state index in [-0.39, 0.29) is 43.1 Å². The molecule has 1 aliphatic rings. The van der Waals surface area contributed by atoms with E-state index in [0.29, 0.717) is 11.4 Å². The van der Waals surface area contributed by atoms with Gasteiger partial charge in [0.1, 0.15) is 0 Å². The molecule has 0 aliphatic carbocycles. The van der Waals surface area contributed by atoms with Gasteiger partial charge in [-0.15, -0.1) is 0 Å². The Hall–Kier alpha value is -3.33. The van der Waals surface area contributed by atoms with Crippen LogP contribution in [0.1, 0.15) is 13.3 Å². The summed E-state index contributed by atoms with van der Waals surface area (Å²) in [7, 11) is 1.60. The first-order valence-corrected chi connectivity index (χ1v) is 9.39. The van der Waals surface area contributed by atoms with Crippen molar-refractivity contribution in [1.82, 2.24) is 4.90 Å². The second kappa shape index (κ2) is 9.00. The smallest absolute Gasteiger partial charge is 0.241 e. The van der Waals surface area contributed by atoms with Crippen LogP contribution in [0.3, 0.4) is 0 Å². The fraction of sp³-hybridized carbons (Fsp3) is 0.286. The van der Waals surface area contributed by atoms with E-state index in [2.05, 4.69) is 10.6 Å². The molecule has 0 spiro atoms. The number of benzene rings is 2. The monoisotopic (exact) mass is 416 g/mol. The molecule has 158 valence electrons. The van der Waals surface area contributed by atoms with Crippen molar-refractivity contribution in [2.45, 2.75) is 19.4 Å². The molecule has 0 saturated carbocycles. The lowest BCUT2D eigenvalue weighted by Crippen LogP contribution is -2.45. The Balaban J connectivity index is 1.65. The minimum atomic E-state index is -1.06. The van der Waals surface area contributed by atoms with E-state index in [9.17, 15) is 23.2 Å². The van der Waals surface area contributed by atoms with Crippen molar-refractivity contribution < 1.29 is 23.2 Å². The summed E-state index contributed by atoms with van der Waals surface area (Å²) in [6, 6.07) is 9.74. The summed E-state index contributed by atoms with van der Waals surface area (Å²) in [5.74, 6) is -2.99. The highest BCUT2D eigenvalue weighted by atomic mass is 19.2. The lowest BCUT2D eigenvalue weighted by Gasteiger charge is -2.29. The van der Waals surface area contributed by atoms with Crippen molar-refractivity contribution in [2.75, 3.05) is 35.7 Å². The van der Waals surface area contributed by atoms with Gasteiger partial charge < -0.3 is 15.5 Å². The Morgan fingerprint density at radius 3 is 2.63 bits per heavy atom. The Morgan fingerprint density at radius 1 is 1.17 bits per heavy atom. The molecule has 9 heteroatoms. The Bertz CT molecular complexity index is 982. The largest absolute Gasteiger partial charge is 0.325 e. The molecule has 2 aromatic carbocycles. The number of hydrogen-bond acceptors (Lipinski definition) is 4. The summed E-state index contributed by atoms with van der Waals surface area (Å²) in [6.07, 6.45) is 0.154. The first-order chi connectivity index (χ1) is 14.2. The van der Waals surface area contributed by atoms with Crippen LogP contribution in [-0.2, 0) is 14.4 Å². The summed E-state index contributed by atoms with van der Waals surface area (Å²) in [4.78, 5) is 40.3. The molecule has 7 nitrogen and oxygen atoms in total. The molecule has 3 rings (SSSR count). The van der Waals surface area contributed by atoms with Gasteiger partial charge in [0.05, 0.1) is 24.5 Å². The van der Waals surface area contributed by atoms with Gasteiger partial charge in [0, 0.05) is 24.2 Å². The van der Waals surface area contributed by atoms with Crippen LogP contribution in [0.15, 0.2) is 42.5 Å². The van der Waals surface area contributed by atoms with Crippen LogP contribution in [0.25, 0.3) is 0 Å². The van der Waals surface area contributed by atoms with Crippen molar-refractivity contribution in [1.29, 1.82) is 0 Å². The summed E-state index contributed by atoms with van der Waals surface area (Å²) >= 11 is 0. The number of para-hydroxylation sites is 2. The van der Waals surface area contributed by atoms with Crippen molar-refractivity contribution in [3.63, 3.8) is 0 Å². The number of nitrogens with zero attached hydrogens (tertiary/aromatic N) is 2. The predicted molar refractivity (Wildman–Crippen MR) is 109 cm³/mol. The molecule has 30 heavy (non-hydrogen) atoms. The molecule has 0 bridgehead atoms. The number of amides is 3. The third kappa shape index (κ3) is 4.98. The van der Waals surface area contributed by atoms with Crippen LogP contribution in [0.5, 0.6) is 0 Å². The summed E-state index contributed by atoms with van der Waals surface area (Å²) in [5.41, 5.74) is 1.28. The third-order valence-electron chi connectivity index (χ3n) is 4.65. The predicted octanol–water partition coefficient (Wildman–Crippen LogP) is 2.60. The molecule has 1 aliphatic heterocycles. The Labute approximate surface area is 172 Å². The van der Waals surface area contributed by atoms with E-state index in [1.54, 1.807) is 43.1 Å². The van der Waals surface area contributed by atoms with E-state index < -0.39 is 17.5 Å². The normalized spacial score (nSPS) is 16.0. The van der Waals surface area contributed by atoms with Crippen LogP contribution in [0, 0.1) is 11.6 Å². The van der Waals surface area contributed by atoms with Crippen molar-refractivity contribution in [2.24, 2.45) is 0 Å². The second-order valence-electron chi connectivity index (χ2n) is 7.23. The number of fused-ring (bicyclic) bond motifs is 1. The van der Waals surface area contributed by atoms with Gasteiger partial charge in [-0.1, -0.05) is 12.1 Å². The second-order valence-corrected chi connectivity index (χ2v) is 7.23. The van der Waals surface area contributed by atoms with E-state index in [0.717, 1.165) is 12.1 Å². The Morgan fingerprint density at radius 2 is 1.90 bits per heavy atom. The lowest BCUT2D eigenvalue weighted by molar-refractivity contribution is -0.121. The summed E-state index contributed by atoms with van der Waals surface area (Å²) in [6.45, 7) is 1.58. The standard InChI is InChI=1S/C21H22F2N4O3/c1-13-9-19(28)25-17-5-3-4-6-18(17)27(13)21(30)12-26(2)11-20(29)24-14-7-8-15(22)16(23)10-14/h3-8,10,13H,9,11-12H2,1-2H3,(H,24,29)(H,25,28)/t13-/m1/s1. The summed E-state index contributed by atoms with van der Waals surface area (Å²) < 4.78 is 26.3. The zero-order valence-electron chi connectivity index (χ0n) is 16.6. The van der Waals surface area contributed by atoms with E-state index in [1.165, 1.54) is 11.0 Å². The number of carbonyl (C=O) groups is 3. The fourth-order valence-corrected chi connectivity index (χ4v) is 3.35. The van der Waals surface area contributed by atoms with Gasteiger partial charge in [-0.2, -0.15) is 0 Å². The van der Waals surface area contributed by atoms with Gasteiger partial charge in [-0.05, 0) is 38.2 Å². The van der Waals surface area contributed by atoms with Gasteiger partial charge in [-0.25, -0.2) is 8.78 Å². The molecular weight excluding hydrogens is 394 g/mol. The van der Waals surface area contributed by atoms with Gasteiger partial charge in [0.25, 0.3) is 0 Å². The van der Waals surface area contributed by atoms with Crippen LogP contribution < -0.4 is 15.5 Å². The number of carbonyl (C=O) groups excluding carboxylic acids is 3. The maximum Gasteiger partial charge on any atom is 0.241 e. The number of halogens is 2. The molecule has 2 N–H and O–H groups in total. The van der Waals surface area contributed by atoms with Gasteiger partial charge in [0.2, 0.25) is 17.7 Å². The molecule has 2 aromatic rings. The molecular formula is C21H22F2N4O3. The number of nitrogens with one attached hydrogen (secondary N) is 2. The van der Waals surface area contributed by atoms with Crippen LogP contribution in [0.2, 0.25) is 0 Å². The number of anilines is 3. The minimum Gasteiger partial charge on any atom is -0.325 e. The van der Waals surface area contributed by atoms with Crippen LogP contribution in [-0.4, -0.2) is 48.8 Å². The molecule has 0 saturated heterocycles. The molecule has 0 fully saturated rings. The lowest BCUT2D eigenvalue weighted by atomic mass is 10.1. The molecule has 0 radical (unpaired) electrons. The molecule has 1 atom stereocenters. The first kappa shape index (κ1) is 21.4. The average molecular weight is 416 g/mol. The van der Waals surface area contributed by atoms with E-state index in [4.69, 9.17) is 0 Å². The average Bonchev–Trinajstić information content (AvgIpc) is 2.78. The number of likely N-dealkylation sites (N-methyl/N-ethyl adjacent to an activating group) is 1. The van der Waals surface area contributed by atoms with Crippen molar-refractivity contribution >= 4 is 34.8 Å². The third-order valence-corrected chi connectivity index (χ3v) is 4.65. The van der Waals surface area contributed by atoms with Gasteiger partial charge >= 0.3 is 0 Å². The fourth-order valence-electron chi connectivity index (χ4n) is 3.35. The molecule has 1 heterocycles. The highest BCUT2D eigenvalue weighted by Crippen LogP contribution is 2.31. The topological polar surface area (TPSA) is 81.8 Å². The zero-order chi connectivity index (χ0) is 21.8. The van der Waals surface area contributed by atoms with E-state index >= 15 is 0 Å². The molecule has 0 unspecified atom stereocenters. The van der Waals surface area contributed by atoms with E-state index in [1.807, 2.05) is 0 Å². The molecule has 3 amide bonds. The highest BCUT2D eigenvalue weighted by molar-refractivity contribution is 6.05. The van der Waals surface area contributed by atoms with Crippen molar-refractivity contribution in [3.05, 3.63) is 54.1 Å². The summed E-state index contributed by atoms with van der Waals surface area (Å²) in [5, 5.41) is 5.26. The molecule has 0 aromatic heterocycles. The maximum absolute atomic E-state index is 13.3. The first-order valence-electron chi connectivity index (χ1n) is 9.39. The highest BCUT2D eigenvalue weighted by Gasteiger charge is 2.30. The zero-order valence-corrected chi connectivity index (χ0v) is 16.6. The van der Waals surface area contributed by atoms with Gasteiger partial charge in [0.15, 0.2) is 11.6 Å². The Kier molecular flexibility index (Phi) is 6.41. The van der Waals surface area contributed by atoms with Crippen molar-refractivity contribution in [3.8, 4) is 0 Å². The number of rotatable bonds is 5. The van der Waals surface area contributed by atoms with Gasteiger partial charge in [-0.3, -0.25) is 19.3 Å².